The molecule has 3 aromatic rings. The normalized spacial score (nSPS) is 11.0. The Morgan fingerprint density at radius 1 is 1.18 bits per heavy atom. The molecule has 0 N–H and O–H groups in total. The molecule has 0 spiro atoms. The fourth-order valence-corrected chi connectivity index (χ4v) is 3.45. The predicted octanol–water partition coefficient (Wildman–Crippen LogP) is 5.86. The second-order valence-electron chi connectivity index (χ2n) is 6.64. The molecule has 1 aromatic heterocycles. The Morgan fingerprint density at radius 3 is 2.71 bits per heavy atom. The average Bonchev–Trinajstić information content (AvgIpc) is 2.70. The van der Waals surface area contributed by atoms with E-state index in [2.05, 4.69) is 18.8 Å². The molecule has 146 valence electrons. The van der Waals surface area contributed by atoms with E-state index in [9.17, 15) is 4.79 Å². The van der Waals surface area contributed by atoms with Crippen molar-refractivity contribution in [2.45, 2.75) is 31.3 Å². The number of carbonyl (C=O) groups excluding carboxylic acids is 1. The van der Waals surface area contributed by atoms with Crippen molar-refractivity contribution in [3.63, 3.8) is 0 Å². The van der Waals surface area contributed by atoms with Gasteiger partial charge in [0.1, 0.15) is 17.5 Å². The lowest BCUT2D eigenvalue weighted by Gasteiger charge is -2.13. The SMILES string of the molecule is CSc1ccc2cc(COC(=O)COc3ccccc3C(C)C)c(Cl)nc2c1. The number of halogens is 1. The van der Waals surface area contributed by atoms with E-state index < -0.39 is 5.97 Å². The molecule has 0 aliphatic heterocycles. The molecule has 6 heteroatoms. The second kappa shape index (κ2) is 9.30. The van der Waals surface area contributed by atoms with Crippen molar-refractivity contribution in [1.29, 1.82) is 0 Å². The van der Waals surface area contributed by atoms with E-state index in [0.717, 1.165) is 21.4 Å². The van der Waals surface area contributed by atoms with Crippen LogP contribution in [0, 0.1) is 0 Å². The lowest BCUT2D eigenvalue weighted by atomic mass is 10.0. The molecule has 0 radical (unpaired) electrons. The van der Waals surface area contributed by atoms with Gasteiger partial charge in [0.2, 0.25) is 0 Å². The minimum Gasteiger partial charge on any atom is -0.482 e. The summed E-state index contributed by atoms with van der Waals surface area (Å²) in [7, 11) is 0. The zero-order chi connectivity index (χ0) is 20.1. The number of thioether (sulfide) groups is 1. The maximum absolute atomic E-state index is 12.1. The Morgan fingerprint density at radius 2 is 1.96 bits per heavy atom. The summed E-state index contributed by atoms with van der Waals surface area (Å²) >= 11 is 7.92. The Balaban J connectivity index is 1.62. The lowest BCUT2D eigenvalue weighted by molar-refractivity contribution is -0.147. The number of pyridine rings is 1. The average molecular weight is 416 g/mol. The largest absolute Gasteiger partial charge is 0.482 e. The zero-order valence-corrected chi connectivity index (χ0v) is 17.6. The molecule has 2 aromatic carbocycles. The summed E-state index contributed by atoms with van der Waals surface area (Å²) in [5.41, 5.74) is 2.55. The molecule has 28 heavy (non-hydrogen) atoms. The quantitative estimate of drug-likeness (QED) is 0.275. The lowest BCUT2D eigenvalue weighted by Crippen LogP contribution is -2.15. The molecule has 0 unspecified atom stereocenters. The van der Waals surface area contributed by atoms with Crippen molar-refractivity contribution in [2.75, 3.05) is 12.9 Å². The van der Waals surface area contributed by atoms with Crippen molar-refractivity contribution in [1.82, 2.24) is 4.98 Å². The smallest absolute Gasteiger partial charge is 0.344 e. The van der Waals surface area contributed by atoms with E-state index in [1.807, 2.05) is 54.8 Å². The number of ether oxygens (including phenoxy) is 2. The predicted molar refractivity (Wildman–Crippen MR) is 114 cm³/mol. The van der Waals surface area contributed by atoms with Gasteiger partial charge in [-0.1, -0.05) is 49.7 Å². The maximum Gasteiger partial charge on any atom is 0.344 e. The molecule has 0 atom stereocenters. The van der Waals surface area contributed by atoms with E-state index in [1.54, 1.807) is 11.8 Å². The van der Waals surface area contributed by atoms with Crippen LogP contribution < -0.4 is 4.74 Å². The van der Waals surface area contributed by atoms with Gasteiger partial charge in [-0.3, -0.25) is 0 Å². The molecule has 0 bridgehead atoms. The summed E-state index contributed by atoms with van der Waals surface area (Å²) in [5.74, 6) is 0.554. The van der Waals surface area contributed by atoms with Gasteiger partial charge in [-0.05, 0) is 42.0 Å². The standard InChI is InChI=1S/C22H22ClNO3S/c1-14(2)18-6-4-5-7-20(18)26-13-21(25)27-12-16-10-15-8-9-17(28-3)11-19(15)24-22(16)23/h4-11,14H,12-13H2,1-3H3. The van der Waals surface area contributed by atoms with Gasteiger partial charge in [0.05, 0.1) is 5.52 Å². The number of esters is 1. The number of carbonyl (C=O) groups is 1. The van der Waals surface area contributed by atoms with E-state index in [0.29, 0.717) is 22.4 Å². The Kier molecular flexibility index (Phi) is 6.81. The summed E-state index contributed by atoms with van der Waals surface area (Å²) in [4.78, 5) is 17.7. The van der Waals surface area contributed by atoms with Crippen LogP contribution in [0.15, 0.2) is 53.4 Å². The first-order valence-corrected chi connectivity index (χ1v) is 10.6. The van der Waals surface area contributed by atoms with Gasteiger partial charge in [0.15, 0.2) is 6.61 Å². The summed E-state index contributed by atoms with van der Waals surface area (Å²) in [5, 5.41) is 1.29. The molecule has 0 fully saturated rings. The van der Waals surface area contributed by atoms with Crippen LogP contribution in [0.1, 0.15) is 30.9 Å². The molecule has 0 amide bonds. The number of hydrogen-bond donors (Lipinski definition) is 0. The summed E-state index contributed by atoms with van der Waals surface area (Å²) in [6.07, 6.45) is 2.01. The minimum absolute atomic E-state index is 0.0556. The fraction of sp³-hybridized carbons (Fsp3) is 0.273. The van der Waals surface area contributed by atoms with Crippen molar-refractivity contribution in [2.24, 2.45) is 0 Å². The first-order chi connectivity index (χ1) is 13.5. The molecule has 1 heterocycles. The molecule has 4 nitrogen and oxygen atoms in total. The van der Waals surface area contributed by atoms with Crippen LogP contribution in [0.5, 0.6) is 5.75 Å². The molecular formula is C22H22ClNO3S. The molecule has 0 aliphatic carbocycles. The van der Waals surface area contributed by atoms with Crippen LogP contribution in [-0.2, 0) is 16.1 Å². The summed E-state index contributed by atoms with van der Waals surface area (Å²) in [6.45, 7) is 4.06. The van der Waals surface area contributed by atoms with E-state index in [1.165, 1.54) is 0 Å². The Hall–Kier alpha value is -2.24. The topological polar surface area (TPSA) is 48.4 Å². The first kappa shape index (κ1) is 20.5. The number of para-hydroxylation sites is 1. The van der Waals surface area contributed by atoms with Gasteiger partial charge < -0.3 is 9.47 Å². The zero-order valence-electron chi connectivity index (χ0n) is 16.1. The fourth-order valence-electron chi connectivity index (χ4n) is 2.82. The van der Waals surface area contributed by atoms with Crippen molar-refractivity contribution in [3.05, 3.63) is 64.8 Å². The highest BCUT2D eigenvalue weighted by atomic mass is 35.5. The molecule has 0 saturated carbocycles. The first-order valence-electron chi connectivity index (χ1n) is 8.98. The number of hydrogen-bond acceptors (Lipinski definition) is 5. The van der Waals surface area contributed by atoms with E-state index in [-0.39, 0.29) is 13.2 Å². The molecule has 0 saturated heterocycles. The van der Waals surface area contributed by atoms with Crippen LogP contribution in [0.25, 0.3) is 10.9 Å². The maximum atomic E-state index is 12.1. The number of rotatable bonds is 7. The minimum atomic E-state index is -0.451. The van der Waals surface area contributed by atoms with Crippen LogP contribution >= 0.6 is 23.4 Å². The molecule has 3 rings (SSSR count). The van der Waals surface area contributed by atoms with Gasteiger partial charge in [-0.15, -0.1) is 11.8 Å². The van der Waals surface area contributed by atoms with Gasteiger partial charge in [-0.2, -0.15) is 0 Å². The highest BCUT2D eigenvalue weighted by Crippen LogP contribution is 2.27. The van der Waals surface area contributed by atoms with Gasteiger partial charge >= 0.3 is 5.97 Å². The Labute approximate surface area is 174 Å². The third kappa shape index (κ3) is 4.97. The highest BCUT2D eigenvalue weighted by Gasteiger charge is 2.12. The molecule has 0 aliphatic rings. The third-order valence-electron chi connectivity index (χ3n) is 4.33. The summed E-state index contributed by atoms with van der Waals surface area (Å²) in [6, 6.07) is 15.6. The second-order valence-corrected chi connectivity index (χ2v) is 7.88. The Bertz CT molecular complexity index is 991. The van der Waals surface area contributed by atoms with Crippen LogP contribution in [0.2, 0.25) is 5.15 Å². The van der Waals surface area contributed by atoms with Crippen molar-refractivity contribution < 1.29 is 14.3 Å². The number of nitrogens with zero attached hydrogens (tertiary/aromatic N) is 1. The molecular weight excluding hydrogens is 394 g/mol. The van der Waals surface area contributed by atoms with E-state index >= 15 is 0 Å². The van der Waals surface area contributed by atoms with Crippen molar-refractivity contribution in [3.8, 4) is 5.75 Å². The van der Waals surface area contributed by atoms with Gasteiger partial charge in [0, 0.05) is 15.8 Å². The highest BCUT2D eigenvalue weighted by molar-refractivity contribution is 7.98. The van der Waals surface area contributed by atoms with Crippen LogP contribution in [0.4, 0.5) is 0 Å². The monoisotopic (exact) mass is 415 g/mol. The van der Waals surface area contributed by atoms with Gasteiger partial charge in [0.25, 0.3) is 0 Å². The van der Waals surface area contributed by atoms with Crippen molar-refractivity contribution >= 4 is 40.2 Å². The van der Waals surface area contributed by atoms with E-state index in [4.69, 9.17) is 21.1 Å². The van der Waals surface area contributed by atoms with Gasteiger partial charge in [-0.25, -0.2) is 9.78 Å². The number of aromatic nitrogens is 1. The number of benzene rings is 2. The number of fused-ring (bicyclic) bond motifs is 1. The van der Waals surface area contributed by atoms with Crippen LogP contribution in [0.3, 0.4) is 0 Å². The summed E-state index contributed by atoms with van der Waals surface area (Å²) < 4.78 is 11.0. The van der Waals surface area contributed by atoms with Crippen LogP contribution in [-0.4, -0.2) is 23.8 Å². The third-order valence-corrected chi connectivity index (χ3v) is 5.38.